The molecule has 1 aliphatic carbocycles. The molecule has 5 rings (SSSR count). The molecular formula is C26H28N4O3S3. The van der Waals surface area contributed by atoms with Crippen molar-refractivity contribution >= 4 is 61.4 Å². The minimum absolute atomic E-state index is 0.170. The zero-order valence-corrected chi connectivity index (χ0v) is 22.9. The van der Waals surface area contributed by atoms with Crippen molar-refractivity contribution < 1.29 is 14.3 Å². The van der Waals surface area contributed by atoms with Crippen molar-refractivity contribution in [1.82, 2.24) is 14.8 Å². The summed E-state index contributed by atoms with van der Waals surface area (Å²) < 4.78 is 8.57. The molecule has 0 saturated heterocycles. The summed E-state index contributed by atoms with van der Waals surface area (Å²) in [6.07, 6.45) is 2.80. The molecule has 1 N–H and O–H groups in total. The van der Waals surface area contributed by atoms with E-state index in [1.165, 1.54) is 32.7 Å². The van der Waals surface area contributed by atoms with Crippen molar-refractivity contribution in [3.63, 3.8) is 0 Å². The third kappa shape index (κ3) is 4.81. The molecule has 0 spiro atoms. The predicted molar refractivity (Wildman–Crippen MR) is 147 cm³/mol. The van der Waals surface area contributed by atoms with Crippen LogP contribution >= 0.6 is 34.4 Å². The normalized spacial score (nSPS) is 15.1. The smallest absolute Gasteiger partial charge is 0.341 e. The average Bonchev–Trinajstić information content (AvgIpc) is 3.56. The monoisotopic (exact) mass is 540 g/mol. The minimum atomic E-state index is -0.356. The van der Waals surface area contributed by atoms with Gasteiger partial charge in [0, 0.05) is 32.5 Å². The average molecular weight is 541 g/mol. The SMILES string of the molecule is CCOC(=O)c1c(NC(=O)CSc2nnc(-c3csc4ccccc34)n2CC)sc2c1CCC(C)C2. The number of nitrogens with one attached hydrogen (secondary N) is 1. The molecule has 4 aromatic rings. The second-order valence-electron chi connectivity index (χ2n) is 8.81. The first-order valence-corrected chi connectivity index (χ1v) is 14.8. The molecule has 1 atom stereocenters. The van der Waals surface area contributed by atoms with Crippen LogP contribution in [-0.2, 0) is 28.9 Å². The maximum absolute atomic E-state index is 13.0. The van der Waals surface area contributed by atoms with Crippen LogP contribution in [0.3, 0.4) is 0 Å². The standard InChI is InChI=1S/C26H28N4O3S3/c1-4-30-23(18-13-34-19-9-7-6-8-16(18)19)28-29-26(30)35-14-21(31)27-24-22(25(32)33-5-2)17-11-10-15(3)12-20(17)36-24/h6-9,13,15H,4-5,10-12,14H2,1-3H3,(H,27,31). The maximum Gasteiger partial charge on any atom is 0.341 e. The van der Waals surface area contributed by atoms with E-state index < -0.39 is 0 Å². The summed E-state index contributed by atoms with van der Waals surface area (Å²) in [5.41, 5.74) is 2.63. The van der Waals surface area contributed by atoms with Crippen LogP contribution in [0.15, 0.2) is 34.8 Å². The number of ether oxygens (including phenoxy) is 1. The van der Waals surface area contributed by atoms with Gasteiger partial charge in [0.15, 0.2) is 11.0 Å². The Hall–Kier alpha value is -2.69. The Kier molecular flexibility index (Phi) is 7.45. The summed E-state index contributed by atoms with van der Waals surface area (Å²) in [6.45, 7) is 7.06. The Morgan fingerprint density at radius 1 is 1.25 bits per heavy atom. The Morgan fingerprint density at radius 3 is 2.89 bits per heavy atom. The van der Waals surface area contributed by atoms with Gasteiger partial charge in [-0.3, -0.25) is 4.79 Å². The van der Waals surface area contributed by atoms with Gasteiger partial charge in [-0.1, -0.05) is 36.9 Å². The van der Waals surface area contributed by atoms with Gasteiger partial charge >= 0.3 is 5.97 Å². The van der Waals surface area contributed by atoms with Crippen molar-refractivity contribution in [2.75, 3.05) is 17.7 Å². The van der Waals surface area contributed by atoms with E-state index in [-0.39, 0.29) is 17.6 Å². The van der Waals surface area contributed by atoms with E-state index in [9.17, 15) is 9.59 Å². The number of aromatic nitrogens is 3. The molecule has 3 heterocycles. The van der Waals surface area contributed by atoms with Crippen LogP contribution in [0.1, 0.15) is 48.0 Å². The molecule has 36 heavy (non-hydrogen) atoms. The van der Waals surface area contributed by atoms with Gasteiger partial charge in [-0.15, -0.1) is 32.9 Å². The Morgan fingerprint density at radius 2 is 2.08 bits per heavy atom. The van der Waals surface area contributed by atoms with Crippen LogP contribution in [0, 0.1) is 5.92 Å². The molecule has 3 aromatic heterocycles. The number of nitrogens with zero attached hydrogens (tertiary/aromatic N) is 3. The Bertz CT molecular complexity index is 1420. The first kappa shape index (κ1) is 25.0. The van der Waals surface area contributed by atoms with Crippen LogP contribution in [-0.4, -0.2) is 39.0 Å². The lowest BCUT2D eigenvalue weighted by molar-refractivity contribution is -0.113. The lowest BCUT2D eigenvalue weighted by atomic mass is 9.88. The van der Waals surface area contributed by atoms with E-state index in [1.807, 2.05) is 23.6 Å². The van der Waals surface area contributed by atoms with E-state index in [0.717, 1.165) is 41.6 Å². The van der Waals surface area contributed by atoms with Crippen molar-refractivity contribution in [3.05, 3.63) is 45.6 Å². The first-order chi connectivity index (χ1) is 17.5. The molecule has 1 unspecified atom stereocenters. The number of carbonyl (C=O) groups excluding carboxylic acids is 2. The summed E-state index contributed by atoms with van der Waals surface area (Å²) >= 11 is 4.54. The molecule has 0 bridgehead atoms. The molecule has 1 aromatic carbocycles. The van der Waals surface area contributed by atoms with Gasteiger partial charge in [-0.2, -0.15) is 0 Å². The quantitative estimate of drug-likeness (QED) is 0.209. The van der Waals surface area contributed by atoms with Gasteiger partial charge in [-0.05, 0) is 50.7 Å². The number of fused-ring (bicyclic) bond motifs is 2. The maximum atomic E-state index is 13.0. The van der Waals surface area contributed by atoms with E-state index >= 15 is 0 Å². The number of thioether (sulfide) groups is 1. The van der Waals surface area contributed by atoms with Crippen molar-refractivity contribution in [2.24, 2.45) is 5.92 Å². The molecule has 0 aliphatic heterocycles. The molecule has 0 radical (unpaired) electrons. The van der Waals surface area contributed by atoms with Gasteiger partial charge in [-0.25, -0.2) is 4.79 Å². The molecule has 1 amide bonds. The van der Waals surface area contributed by atoms with Crippen molar-refractivity contribution in [1.29, 1.82) is 0 Å². The second kappa shape index (κ2) is 10.7. The third-order valence-corrected chi connectivity index (χ3v) is 9.43. The number of thiophene rings is 2. The molecule has 7 nitrogen and oxygen atoms in total. The zero-order valence-electron chi connectivity index (χ0n) is 20.5. The fraction of sp³-hybridized carbons (Fsp3) is 0.385. The van der Waals surface area contributed by atoms with Crippen LogP contribution in [0.5, 0.6) is 0 Å². The molecule has 188 valence electrons. The van der Waals surface area contributed by atoms with Crippen LogP contribution in [0.2, 0.25) is 0 Å². The second-order valence-corrected chi connectivity index (χ2v) is 11.8. The van der Waals surface area contributed by atoms with Crippen LogP contribution in [0.4, 0.5) is 5.00 Å². The first-order valence-electron chi connectivity index (χ1n) is 12.1. The highest BCUT2D eigenvalue weighted by Crippen LogP contribution is 2.40. The van der Waals surface area contributed by atoms with E-state index in [0.29, 0.717) is 34.8 Å². The summed E-state index contributed by atoms with van der Waals surface area (Å²) in [7, 11) is 0. The number of amides is 1. The lowest BCUT2D eigenvalue weighted by Crippen LogP contribution is -2.18. The van der Waals surface area contributed by atoms with E-state index in [2.05, 4.69) is 40.0 Å². The summed E-state index contributed by atoms with van der Waals surface area (Å²) in [5, 5.41) is 16.4. The molecule has 0 fully saturated rings. The molecule has 0 saturated carbocycles. The fourth-order valence-corrected chi connectivity index (χ4v) is 7.74. The van der Waals surface area contributed by atoms with E-state index in [4.69, 9.17) is 4.74 Å². The topological polar surface area (TPSA) is 86.1 Å². The number of rotatable bonds is 8. The zero-order chi connectivity index (χ0) is 25.2. The summed E-state index contributed by atoms with van der Waals surface area (Å²) in [6, 6.07) is 8.26. The number of anilines is 1. The fourth-order valence-electron chi connectivity index (χ4n) is 4.58. The van der Waals surface area contributed by atoms with E-state index in [1.54, 1.807) is 18.3 Å². The Labute approximate surface area is 222 Å². The van der Waals surface area contributed by atoms with Crippen LogP contribution in [0.25, 0.3) is 21.5 Å². The highest BCUT2D eigenvalue weighted by Gasteiger charge is 2.29. The lowest BCUT2D eigenvalue weighted by Gasteiger charge is -2.18. The molecule has 1 aliphatic rings. The van der Waals surface area contributed by atoms with Crippen LogP contribution < -0.4 is 5.32 Å². The highest BCUT2D eigenvalue weighted by molar-refractivity contribution is 7.99. The number of esters is 1. The van der Waals surface area contributed by atoms with Crippen molar-refractivity contribution in [3.8, 4) is 11.4 Å². The van der Waals surface area contributed by atoms with Gasteiger partial charge in [0.1, 0.15) is 5.00 Å². The molecule has 10 heteroatoms. The largest absolute Gasteiger partial charge is 0.462 e. The Balaban J connectivity index is 1.33. The summed E-state index contributed by atoms with van der Waals surface area (Å²) in [5.74, 6) is 1.02. The summed E-state index contributed by atoms with van der Waals surface area (Å²) in [4.78, 5) is 26.9. The minimum Gasteiger partial charge on any atom is -0.462 e. The van der Waals surface area contributed by atoms with Gasteiger partial charge in [0.05, 0.1) is 17.9 Å². The van der Waals surface area contributed by atoms with Gasteiger partial charge in [0.2, 0.25) is 5.91 Å². The number of benzene rings is 1. The number of hydrogen-bond donors (Lipinski definition) is 1. The number of carbonyl (C=O) groups is 2. The highest BCUT2D eigenvalue weighted by atomic mass is 32.2. The molecular weight excluding hydrogens is 513 g/mol. The number of hydrogen-bond acceptors (Lipinski definition) is 8. The van der Waals surface area contributed by atoms with Gasteiger partial charge < -0.3 is 14.6 Å². The predicted octanol–water partition coefficient (Wildman–Crippen LogP) is 6.27. The van der Waals surface area contributed by atoms with Gasteiger partial charge in [0.25, 0.3) is 0 Å². The van der Waals surface area contributed by atoms with Crippen molar-refractivity contribution in [2.45, 2.75) is 51.7 Å². The third-order valence-electron chi connectivity index (χ3n) is 6.33.